The summed E-state index contributed by atoms with van der Waals surface area (Å²) in [6, 6.07) is 9.54. The monoisotopic (exact) mass is 578 g/mol. The van der Waals surface area contributed by atoms with Crippen LogP contribution in [0.15, 0.2) is 48.5 Å². The molecule has 0 unspecified atom stereocenters. The molecule has 16 heteroatoms. The predicted molar refractivity (Wildman–Crippen MR) is 103 cm³/mol. The van der Waals surface area contributed by atoms with Gasteiger partial charge in [-0.3, -0.25) is 0 Å². The lowest BCUT2D eigenvalue weighted by Crippen LogP contribution is -2.45. The standard InChI is InChI=1S/C22H16F14O2/c23-17(24,11-19(27,28)29)21(33,34)37-9-13-1-5-15(6-2-13)16-7-3-14(4-8-16)10-38-22(35,36)18(25,26)12-20(30,31)32/h1-8H,9-12H2. The van der Waals surface area contributed by atoms with Crippen LogP contribution in [-0.4, -0.2) is 36.4 Å². The van der Waals surface area contributed by atoms with Crippen LogP contribution in [-0.2, 0) is 22.7 Å². The van der Waals surface area contributed by atoms with Crippen molar-refractivity contribution in [1.82, 2.24) is 0 Å². The molecule has 0 aliphatic carbocycles. The van der Waals surface area contributed by atoms with Crippen LogP contribution in [0.5, 0.6) is 0 Å². The minimum atomic E-state index is -5.57. The van der Waals surface area contributed by atoms with E-state index in [4.69, 9.17) is 0 Å². The highest BCUT2D eigenvalue weighted by Crippen LogP contribution is 2.44. The van der Waals surface area contributed by atoms with Crippen molar-refractivity contribution >= 4 is 0 Å². The summed E-state index contributed by atoms with van der Waals surface area (Å²) in [5.74, 6) is -11.0. The van der Waals surface area contributed by atoms with Gasteiger partial charge in [-0.1, -0.05) is 48.5 Å². The van der Waals surface area contributed by atoms with E-state index in [1.807, 2.05) is 0 Å². The van der Waals surface area contributed by atoms with Crippen LogP contribution < -0.4 is 0 Å². The minimum Gasteiger partial charge on any atom is -0.311 e. The molecule has 0 fully saturated rings. The highest BCUT2D eigenvalue weighted by molar-refractivity contribution is 5.63. The summed E-state index contributed by atoms with van der Waals surface area (Å²) in [6.07, 6.45) is -28.2. The van der Waals surface area contributed by atoms with Gasteiger partial charge in [0.1, 0.15) is 12.8 Å². The lowest BCUT2D eigenvalue weighted by molar-refractivity contribution is -0.369. The molecule has 0 amide bonds. The van der Waals surface area contributed by atoms with Gasteiger partial charge in [-0.15, -0.1) is 0 Å². The molecular weight excluding hydrogens is 562 g/mol. The van der Waals surface area contributed by atoms with Crippen LogP contribution in [0.4, 0.5) is 61.5 Å². The number of hydrogen-bond acceptors (Lipinski definition) is 2. The number of benzene rings is 2. The molecule has 38 heavy (non-hydrogen) atoms. The van der Waals surface area contributed by atoms with Gasteiger partial charge in [-0.25, -0.2) is 0 Å². The first-order chi connectivity index (χ1) is 17.0. The highest BCUT2D eigenvalue weighted by atomic mass is 19.4. The third kappa shape index (κ3) is 8.71. The molecule has 0 saturated carbocycles. The molecule has 0 aromatic heterocycles. The van der Waals surface area contributed by atoms with Gasteiger partial charge in [0.2, 0.25) is 0 Å². The summed E-state index contributed by atoms with van der Waals surface area (Å²) in [5.41, 5.74) is 0.446. The lowest BCUT2D eigenvalue weighted by Gasteiger charge is -2.27. The summed E-state index contributed by atoms with van der Waals surface area (Å²) < 4.78 is 187. The molecule has 0 N–H and O–H groups in total. The van der Waals surface area contributed by atoms with Gasteiger partial charge in [0.25, 0.3) is 0 Å². The maximum atomic E-state index is 13.5. The quantitative estimate of drug-likeness (QED) is 0.248. The van der Waals surface area contributed by atoms with E-state index < -0.39 is 62.5 Å². The van der Waals surface area contributed by atoms with Crippen molar-refractivity contribution < 1.29 is 70.9 Å². The Hall–Kier alpha value is -2.62. The number of hydrogen-bond donors (Lipinski definition) is 0. The summed E-state index contributed by atoms with van der Waals surface area (Å²) in [5, 5.41) is 0. The van der Waals surface area contributed by atoms with E-state index in [2.05, 4.69) is 9.47 Å². The second-order valence-electron chi connectivity index (χ2n) is 8.00. The molecule has 2 nitrogen and oxygen atoms in total. The Balaban J connectivity index is 2.00. The van der Waals surface area contributed by atoms with Crippen LogP contribution in [0.1, 0.15) is 24.0 Å². The molecule has 0 atom stereocenters. The van der Waals surface area contributed by atoms with Gasteiger partial charge in [0.05, 0.1) is 13.2 Å². The Morgan fingerprint density at radius 2 is 0.684 bits per heavy atom. The van der Waals surface area contributed by atoms with Gasteiger partial charge < -0.3 is 9.47 Å². The number of halogens is 14. The first-order valence-corrected chi connectivity index (χ1v) is 10.1. The zero-order valence-electron chi connectivity index (χ0n) is 18.6. The average Bonchev–Trinajstić information content (AvgIpc) is 2.74. The Morgan fingerprint density at radius 3 is 0.921 bits per heavy atom. The fourth-order valence-electron chi connectivity index (χ4n) is 2.86. The van der Waals surface area contributed by atoms with Crippen molar-refractivity contribution in [2.24, 2.45) is 0 Å². The van der Waals surface area contributed by atoms with E-state index in [1.165, 1.54) is 24.3 Å². The van der Waals surface area contributed by atoms with E-state index in [0.29, 0.717) is 11.1 Å². The number of ether oxygens (including phenoxy) is 2. The summed E-state index contributed by atoms with van der Waals surface area (Å²) in [7, 11) is 0. The number of alkyl halides is 14. The van der Waals surface area contributed by atoms with Crippen molar-refractivity contribution in [3.8, 4) is 11.1 Å². The van der Waals surface area contributed by atoms with Crippen molar-refractivity contribution in [2.75, 3.05) is 0 Å². The van der Waals surface area contributed by atoms with Gasteiger partial charge in [-0.2, -0.15) is 61.5 Å². The Kier molecular flexibility index (Phi) is 9.03. The highest BCUT2D eigenvalue weighted by Gasteiger charge is 2.63. The molecule has 0 saturated heterocycles. The largest absolute Gasteiger partial charge is 0.420 e. The smallest absolute Gasteiger partial charge is 0.311 e. The SMILES string of the molecule is FC(F)(F)CC(F)(F)C(F)(F)OCc1ccc(-c2ccc(COC(F)(F)C(F)(F)CC(F)(F)F)cc2)cc1. The summed E-state index contributed by atoms with van der Waals surface area (Å²) >= 11 is 0. The van der Waals surface area contributed by atoms with Crippen LogP contribution in [0, 0.1) is 0 Å². The molecule has 2 aromatic rings. The zero-order valence-corrected chi connectivity index (χ0v) is 18.6. The molecule has 214 valence electrons. The van der Waals surface area contributed by atoms with Crippen molar-refractivity contribution in [2.45, 2.75) is 62.5 Å². The van der Waals surface area contributed by atoms with E-state index in [1.54, 1.807) is 0 Å². The Labute approximate surface area is 205 Å². The molecule has 2 rings (SSSR count). The predicted octanol–water partition coefficient (Wildman–Crippen LogP) is 8.75. The van der Waals surface area contributed by atoms with E-state index >= 15 is 0 Å². The van der Waals surface area contributed by atoms with Gasteiger partial charge in [-0.05, 0) is 22.3 Å². The van der Waals surface area contributed by atoms with Crippen LogP contribution in [0.3, 0.4) is 0 Å². The first kappa shape index (κ1) is 31.6. The van der Waals surface area contributed by atoms with E-state index in [0.717, 1.165) is 24.3 Å². The average molecular weight is 578 g/mol. The van der Waals surface area contributed by atoms with Gasteiger partial charge in [0, 0.05) is 0 Å². The molecular formula is C22H16F14O2. The molecule has 2 aromatic carbocycles. The van der Waals surface area contributed by atoms with Crippen molar-refractivity contribution in [1.29, 1.82) is 0 Å². The van der Waals surface area contributed by atoms with Crippen LogP contribution in [0.25, 0.3) is 11.1 Å². The van der Waals surface area contributed by atoms with Crippen LogP contribution >= 0.6 is 0 Å². The molecule has 0 aliphatic rings. The van der Waals surface area contributed by atoms with Crippen molar-refractivity contribution in [3.63, 3.8) is 0 Å². The number of rotatable bonds is 11. The summed E-state index contributed by atoms with van der Waals surface area (Å²) in [6.45, 7) is -2.35. The van der Waals surface area contributed by atoms with Gasteiger partial charge >= 0.3 is 36.4 Å². The Bertz CT molecular complexity index is 956. The first-order valence-electron chi connectivity index (χ1n) is 10.1. The fourth-order valence-corrected chi connectivity index (χ4v) is 2.86. The second-order valence-corrected chi connectivity index (χ2v) is 8.00. The molecule has 0 spiro atoms. The molecule has 0 aliphatic heterocycles. The third-order valence-corrected chi connectivity index (χ3v) is 4.78. The molecule has 0 radical (unpaired) electrons. The molecule has 0 heterocycles. The third-order valence-electron chi connectivity index (χ3n) is 4.78. The Morgan fingerprint density at radius 1 is 0.421 bits per heavy atom. The van der Waals surface area contributed by atoms with Gasteiger partial charge in [0.15, 0.2) is 0 Å². The lowest BCUT2D eigenvalue weighted by atomic mass is 10.0. The maximum Gasteiger partial charge on any atom is 0.420 e. The van der Waals surface area contributed by atoms with E-state index in [9.17, 15) is 61.5 Å². The summed E-state index contributed by atoms with van der Waals surface area (Å²) in [4.78, 5) is 0. The van der Waals surface area contributed by atoms with Crippen molar-refractivity contribution in [3.05, 3.63) is 59.7 Å². The van der Waals surface area contributed by atoms with E-state index in [-0.39, 0.29) is 11.1 Å². The minimum absolute atomic E-state index is 0.122. The zero-order chi connectivity index (χ0) is 29.2. The topological polar surface area (TPSA) is 18.5 Å². The normalized spacial score (nSPS) is 14.2. The maximum absolute atomic E-state index is 13.5. The molecule has 0 bridgehead atoms. The second kappa shape index (κ2) is 10.9. The van der Waals surface area contributed by atoms with Crippen LogP contribution in [0.2, 0.25) is 0 Å². The fraction of sp³-hybridized carbons (Fsp3) is 0.455.